The molecular weight excluding hydrogens is 225 g/mol. The molecule has 0 aromatic heterocycles. The van der Waals surface area contributed by atoms with Crippen LogP contribution in [0.5, 0.6) is 0 Å². The second kappa shape index (κ2) is 6.92. The van der Waals surface area contributed by atoms with Gasteiger partial charge in [0.1, 0.15) is 6.10 Å². The third kappa shape index (κ3) is 8.53. The molecule has 0 aromatic carbocycles. The van der Waals surface area contributed by atoms with Gasteiger partial charge in [0, 0.05) is 13.5 Å². The average Bonchev–Trinajstić information content (AvgIpc) is 2.11. The summed E-state index contributed by atoms with van der Waals surface area (Å²) >= 11 is 0. The van der Waals surface area contributed by atoms with Crippen molar-refractivity contribution in [3.8, 4) is 0 Å². The maximum absolute atomic E-state index is 11.1. The maximum atomic E-state index is 11.1. The quantitative estimate of drug-likeness (QED) is 0.478. The van der Waals surface area contributed by atoms with Crippen molar-refractivity contribution in [2.24, 2.45) is 5.73 Å². The van der Waals surface area contributed by atoms with E-state index in [9.17, 15) is 9.36 Å². The van der Waals surface area contributed by atoms with Crippen molar-refractivity contribution in [2.75, 3.05) is 19.8 Å². The molecule has 90 valence electrons. The highest BCUT2D eigenvalue weighted by Gasteiger charge is 2.22. The highest BCUT2D eigenvalue weighted by molar-refractivity contribution is 7.47. The van der Waals surface area contributed by atoms with Crippen LogP contribution >= 0.6 is 7.82 Å². The van der Waals surface area contributed by atoms with Crippen LogP contribution in [0.4, 0.5) is 0 Å². The molecule has 0 aliphatic carbocycles. The van der Waals surface area contributed by atoms with E-state index in [-0.39, 0.29) is 19.8 Å². The van der Waals surface area contributed by atoms with E-state index >= 15 is 0 Å². The predicted molar refractivity (Wildman–Crippen MR) is 52.0 cm³/mol. The van der Waals surface area contributed by atoms with Crippen LogP contribution < -0.4 is 5.73 Å². The molecule has 0 spiro atoms. The third-order valence-corrected chi connectivity index (χ3v) is 2.20. The van der Waals surface area contributed by atoms with Crippen LogP contribution in [0.25, 0.3) is 0 Å². The molecule has 0 aromatic rings. The molecule has 0 heterocycles. The van der Waals surface area contributed by atoms with E-state index in [0.717, 1.165) is 0 Å². The number of hydrogen-bond acceptors (Lipinski definition) is 6. The van der Waals surface area contributed by atoms with E-state index in [0.29, 0.717) is 0 Å². The molecule has 8 heteroatoms. The van der Waals surface area contributed by atoms with Crippen molar-refractivity contribution in [3.05, 3.63) is 0 Å². The van der Waals surface area contributed by atoms with Crippen molar-refractivity contribution in [3.63, 3.8) is 0 Å². The summed E-state index contributed by atoms with van der Waals surface area (Å²) in [6.45, 7) is 2.60. The highest BCUT2D eigenvalue weighted by Crippen LogP contribution is 2.42. The van der Waals surface area contributed by atoms with Crippen LogP contribution in [0.2, 0.25) is 0 Å². The number of phosphoric ester groups is 1. The van der Waals surface area contributed by atoms with Crippen molar-refractivity contribution < 1.29 is 28.0 Å². The number of phosphoric acid groups is 1. The molecule has 0 aliphatic heterocycles. The molecule has 15 heavy (non-hydrogen) atoms. The second-order valence-electron chi connectivity index (χ2n) is 2.81. The lowest BCUT2D eigenvalue weighted by Gasteiger charge is -2.15. The Kier molecular flexibility index (Phi) is 6.71. The van der Waals surface area contributed by atoms with Gasteiger partial charge < -0.3 is 15.4 Å². The Balaban J connectivity index is 3.82. The van der Waals surface area contributed by atoms with Gasteiger partial charge in [-0.15, -0.1) is 0 Å². The molecule has 0 aliphatic rings. The molecule has 7 nitrogen and oxygen atoms in total. The average molecular weight is 241 g/mol. The fourth-order valence-corrected chi connectivity index (χ4v) is 1.53. The number of rotatable bonds is 7. The van der Waals surface area contributed by atoms with Crippen LogP contribution in [-0.2, 0) is 23.1 Å². The van der Waals surface area contributed by atoms with Gasteiger partial charge in [0.2, 0.25) is 0 Å². The van der Waals surface area contributed by atoms with Crippen LogP contribution in [0.1, 0.15) is 13.8 Å². The van der Waals surface area contributed by atoms with E-state index in [1.54, 1.807) is 0 Å². The summed E-state index contributed by atoms with van der Waals surface area (Å²) in [7, 11) is -4.08. The van der Waals surface area contributed by atoms with Gasteiger partial charge in [-0.05, 0) is 6.92 Å². The Labute approximate surface area is 88.1 Å². The highest BCUT2D eigenvalue weighted by atomic mass is 31.2. The summed E-state index contributed by atoms with van der Waals surface area (Å²) < 4.78 is 24.8. The number of esters is 1. The summed E-state index contributed by atoms with van der Waals surface area (Å²) in [5.41, 5.74) is 5.08. The van der Waals surface area contributed by atoms with Crippen molar-refractivity contribution >= 4 is 13.8 Å². The van der Waals surface area contributed by atoms with Gasteiger partial charge in [-0.2, -0.15) is 0 Å². The van der Waals surface area contributed by atoms with Crippen LogP contribution in [0.3, 0.4) is 0 Å². The van der Waals surface area contributed by atoms with E-state index in [1.165, 1.54) is 13.8 Å². The van der Waals surface area contributed by atoms with Gasteiger partial charge in [0.25, 0.3) is 0 Å². The van der Waals surface area contributed by atoms with Crippen molar-refractivity contribution in [1.29, 1.82) is 0 Å². The Hall–Kier alpha value is -0.460. The standard InChI is InChI=1S/C7H16NO6P/c1-6(14-7(2)9)5-13-15(10,11)12-4-3-8/h6H,3-5,8H2,1-2H3,(H,10,11)/t6-/m1/s1. The van der Waals surface area contributed by atoms with Crippen LogP contribution in [-0.4, -0.2) is 36.7 Å². The van der Waals surface area contributed by atoms with E-state index in [1.807, 2.05) is 0 Å². The molecule has 3 N–H and O–H groups in total. The largest absolute Gasteiger partial charge is 0.472 e. The Morgan fingerprint density at radius 1 is 1.53 bits per heavy atom. The first-order valence-corrected chi connectivity index (χ1v) is 5.86. The van der Waals surface area contributed by atoms with E-state index in [2.05, 4.69) is 13.8 Å². The lowest BCUT2D eigenvalue weighted by Crippen LogP contribution is -2.18. The molecule has 0 amide bonds. The Morgan fingerprint density at radius 3 is 2.60 bits per heavy atom. The number of nitrogens with two attached hydrogens (primary N) is 1. The fraction of sp³-hybridized carbons (Fsp3) is 0.857. The first-order chi connectivity index (χ1) is 6.87. The van der Waals surface area contributed by atoms with Crippen LogP contribution in [0.15, 0.2) is 0 Å². The zero-order valence-corrected chi connectivity index (χ0v) is 9.61. The van der Waals surface area contributed by atoms with E-state index in [4.69, 9.17) is 10.6 Å². The lowest BCUT2D eigenvalue weighted by atomic mass is 10.4. The number of carbonyl (C=O) groups excluding carboxylic acids is 1. The van der Waals surface area contributed by atoms with Crippen molar-refractivity contribution in [2.45, 2.75) is 20.0 Å². The predicted octanol–water partition coefficient (Wildman–Crippen LogP) is 0.0303. The number of ether oxygens (including phenoxy) is 1. The molecule has 1 unspecified atom stereocenters. The number of hydrogen-bond donors (Lipinski definition) is 2. The zero-order chi connectivity index (χ0) is 11.9. The summed E-state index contributed by atoms with van der Waals surface area (Å²) in [4.78, 5) is 19.5. The first-order valence-electron chi connectivity index (χ1n) is 4.36. The van der Waals surface area contributed by atoms with Crippen molar-refractivity contribution in [1.82, 2.24) is 0 Å². The molecule has 2 atom stereocenters. The smallest absolute Gasteiger partial charge is 0.460 e. The zero-order valence-electron chi connectivity index (χ0n) is 8.71. The summed E-state index contributed by atoms with van der Waals surface area (Å²) in [6, 6.07) is 0. The fourth-order valence-electron chi connectivity index (χ4n) is 0.722. The van der Waals surface area contributed by atoms with Gasteiger partial charge in [-0.25, -0.2) is 4.57 Å². The molecule has 0 saturated heterocycles. The molecule has 0 radical (unpaired) electrons. The van der Waals surface area contributed by atoms with Gasteiger partial charge in [-0.3, -0.25) is 13.8 Å². The summed E-state index contributed by atoms with van der Waals surface area (Å²) in [5.74, 6) is -0.484. The topological polar surface area (TPSA) is 108 Å². The van der Waals surface area contributed by atoms with Gasteiger partial charge >= 0.3 is 13.8 Å². The molecular formula is C7H16NO6P. The first kappa shape index (κ1) is 14.5. The second-order valence-corrected chi connectivity index (χ2v) is 4.26. The summed E-state index contributed by atoms with van der Waals surface area (Å²) in [6.07, 6.45) is -0.607. The third-order valence-electron chi connectivity index (χ3n) is 1.21. The number of carbonyl (C=O) groups is 1. The maximum Gasteiger partial charge on any atom is 0.472 e. The lowest BCUT2D eigenvalue weighted by molar-refractivity contribution is -0.147. The molecule has 0 rings (SSSR count). The Morgan fingerprint density at radius 2 is 2.13 bits per heavy atom. The Bertz CT molecular complexity index is 246. The monoisotopic (exact) mass is 241 g/mol. The van der Waals surface area contributed by atoms with Gasteiger partial charge in [0.05, 0.1) is 13.2 Å². The molecule has 0 fully saturated rings. The molecule has 0 saturated carbocycles. The molecule has 0 bridgehead atoms. The van der Waals surface area contributed by atoms with Crippen LogP contribution in [0, 0.1) is 0 Å². The minimum atomic E-state index is -4.08. The minimum absolute atomic E-state index is 0.0737. The minimum Gasteiger partial charge on any atom is -0.460 e. The SMILES string of the molecule is CC(=O)O[C@H](C)COP(=O)(O)OCCN. The normalized spacial score (nSPS) is 16.8. The summed E-state index contributed by atoms with van der Waals surface area (Å²) in [5, 5.41) is 0. The van der Waals surface area contributed by atoms with E-state index < -0.39 is 19.9 Å². The van der Waals surface area contributed by atoms with Gasteiger partial charge in [-0.1, -0.05) is 0 Å². The van der Waals surface area contributed by atoms with Gasteiger partial charge in [0.15, 0.2) is 0 Å².